The van der Waals surface area contributed by atoms with E-state index in [0.717, 1.165) is 11.3 Å². The first-order valence-corrected chi connectivity index (χ1v) is 5.02. The number of hydrogen-bond donors (Lipinski definition) is 0. The molecule has 0 aliphatic heterocycles. The summed E-state index contributed by atoms with van der Waals surface area (Å²) in [5, 5.41) is 0.145. The van der Waals surface area contributed by atoms with Crippen LogP contribution in [0.3, 0.4) is 0 Å². The Morgan fingerprint density at radius 2 is 2.33 bits per heavy atom. The van der Waals surface area contributed by atoms with Crippen LogP contribution in [0.1, 0.15) is 6.92 Å². The third-order valence-corrected chi connectivity index (χ3v) is 2.08. The summed E-state index contributed by atoms with van der Waals surface area (Å²) in [6.45, 7) is 2.58. The fraction of sp³-hybridized carbons (Fsp3) is 0.182. The maximum atomic E-state index is 5.60. The predicted octanol–water partition coefficient (Wildman–Crippen LogP) is 3.39. The van der Waals surface area contributed by atoms with E-state index in [2.05, 4.69) is 4.98 Å². The molecule has 0 saturated carbocycles. The molecular weight excluding hydrogens is 214 g/mol. The molecule has 1 heterocycles. The van der Waals surface area contributed by atoms with Crippen LogP contribution < -0.4 is 4.74 Å². The van der Waals surface area contributed by atoms with Crippen molar-refractivity contribution in [3.05, 3.63) is 35.8 Å². The topological polar surface area (TPSA) is 35.3 Å². The molecule has 3 nitrogen and oxygen atoms in total. The summed E-state index contributed by atoms with van der Waals surface area (Å²) in [7, 11) is 0. The Bertz CT molecular complexity index is 453. The fourth-order valence-electron chi connectivity index (χ4n) is 1.29. The van der Waals surface area contributed by atoms with Gasteiger partial charge in [0.25, 0.3) is 5.35 Å². The average molecular weight is 224 g/mol. The standard InChI is InChI=1S/C11H10ClNO2/c1-2-14-9-5-3-4-8(6-9)10-7-13-11(12)15-10/h3-7H,2H2,1H3. The predicted molar refractivity (Wildman–Crippen MR) is 58.1 cm³/mol. The van der Waals surface area contributed by atoms with Crippen molar-refractivity contribution in [2.75, 3.05) is 6.61 Å². The summed E-state index contributed by atoms with van der Waals surface area (Å²) in [5.41, 5.74) is 0.903. The lowest BCUT2D eigenvalue weighted by Gasteiger charge is -2.03. The van der Waals surface area contributed by atoms with Crippen molar-refractivity contribution < 1.29 is 9.15 Å². The average Bonchev–Trinajstić information content (AvgIpc) is 2.66. The Hall–Kier alpha value is -1.48. The first-order chi connectivity index (χ1) is 7.29. The molecule has 0 fully saturated rings. The lowest BCUT2D eigenvalue weighted by Crippen LogP contribution is -1.90. The van der Waals surface area contributed by atoms with E-state index in [1.54, 1.807) is 6.20 Å². The van der Waals surface area contributed by atoms with Crippen LogP contribution in [0.4, 0.5) is 0 Å². The molecule has 0 unspecified atom stereocenters. The Labute approximate surface area is 92.6 Å². The van der Waals surface area contributed by atoms with E-state index in [1.807, 2.05) is 31.2 Å². The zero-order valence-corrected chi connectivity index (χ0v) is 8.99. The molecule has 0 spiro atoms. The van der Waals surface area contributed by atoms with Crippen LogP contribution in [0.25, 0.3) is 11.3 Å². The summed E-state index contributed by atoms with van der Waals surface area (Å²) in [6.07, 6.45) is 1.59. The van der Waals surface area contributed by atoms with Crippen LogP contribution >= 0.6 is 11.6 Å². The molecule has 4 heteroatoms. The van der Waals surface area contributed by atoms with E-state index in [9.17, 15) is 0 Å². The molecule has 1 aromatic carbocycles. The first kappa shape index (κ1) is 10.1. The summed E-state index contributed by atoms with van der Waals surface area (Å²) >= 11 is 5.60. The van der Waals surface area contributed by atoms with E-state index >= 15 is 0 Å². The maximum Gasteiger partial charge on any atom is 0.292 e. The summed E-state index contributed by atoms with van der Waals surface area (Å²) in [6, 6.07) is 7.60. The summed E-state index contributed by atoms with van der Waals surface area (Å²) in [4.78, 5) is 3.83. The number of aromatic nitrogens is 1. The molecule has 2 rings (SSSR count). The Kier molecular flexibility index (Phi) is 2.92. The summed E-state index contributed by atoms with van der Waals surface area (Å²) < 4.78 is 10.6. The fourth-order valence-corrected chi connectivity index (χ4v) is 1.42. The van der Waals surface area contributed by atoms with Crippen LogP contribution in [0, 0.1) is 0 Å². The highest BCUT2D eigenvalue weighted by Crippen LogP contribution is 2.25. The quantitative estimate of drug-likeness (QED) is 0.800. The minimum Gasteiger partial charge on any atom is -0.494 e. The smallest absolute Gasteiger partial charge is 0.292 e. The van der Waals surface area contributed by atoms with Gasteiger partial charge >= 0.3 is 0 Å². The van der Waals surface area contributed by atoms with Gasteiger partial charge in [-0.2, -0.15) is 0 Å². The van der Waals surface area contributed by atoms with Crippen molar-refractivity contribution in [1.82, 2.24) is 4.98 Å². The van der Waals surface area contributed by atoms with Crippen molar-refractivity contribution in [2.45, 2.75) is 6.92 Å². The minimum atomic E-state index is 0.145. The van der Waals surface area contributed by atoms with E-state index in [0.29, 0.717) is 12.4 Å². The zero-order chi connectivity index (χ0) is 10.7. The molecule has 1 aromatic heterocycles. The molecular formula is C11H10ClNO2. The van der Waals surface area contributed by atoms with Gasteiger partial charge in [-0.1, -0.05) is 12.1 Å². The van der Waals surface area contributed by atoms with Crippen LogP contribution in [0.2, 0.25) is 5.35 Å². The van der Waals surface area contributed by atoms with Crippen molar-refractivity contribution in [3.8, 4) is 17.1 Å². The third kappa shape index (κ3) is 2.30. The number of ether oxygens (including phenoxy) is 1. The molecule has 78 valence electrons. The molecule has 0 atom stereocenters. The van der Waals surface area contributed by atoms with Gasteiger partial charge in [-0.15, -0.1) is 0 Å². The van der Waals surface area contributed by atoms with Gasteiger partial charge in [0.2, 0.25) is 0 Å². The monoisotopic (exact) mass is 223 g/mol. The molecule has 0 aliphatic carbocycles. The van der Waals surface area contributed by atoms with Crippen LogP contribution in [-0.4, -0.2) is 11.6 Å². The first-order valence-electron chi connectivity index (χ1n) is 4.64. The van der Waals surface area contributed by atoms with E-state index in [1.165, 1.54) is 0 Å². The highest BCUT2D eigenvalue weighted by atomic mass is 35.5. The molecule has 2 aromatic rings. The SMILES string of the molecule is CCOc1cccc(-c2cnc(Cl)o2)c1. The number of halogens is 1. The van der Waals surface area contributed by atoms with Gasteiger partial charge in [0.1, 0.15) is 5.75 Å². The molecule has 0 aliphatic rings. The number of hydrogen-bond acceptors (Lipinski definition) is 3. The second-order valence-corrected chi connectivity index (χ2v) is 3.26. The van der Waals surface area contributed by atoms with E-state index in [-0.39, 0.29) is 5.35 Å². The largest absolute Gasteiger partial charge is 0.494 e. The van der Waals surface area contributed by atoms with Crippen molar-refractivity contribution in [1.29, 1.82) is 0 Å². The highest BCUT2D eigenvalue weighted by molar-refractivity contribution is 6.27. The Morgan fingerprint density at radius 1 is 1.47 bits per heavy atom. The van der Waals surface area contributed by atoms with Gasteiger partial charge in [-0.05, 0) is 30.7 Å². The van der Waals surface area contributed by atoms with Crippen molar-refractivity contribution >= 4 is 11.6 Å². The highest BCUT2D eigenvalue weighted by Gasteiger charge is 2.05. The lowest BCUT2D eigenvalue weighted by molar-refractivity contribution is 0.340. The number of rotatable bonds is 3. The second-order valence-electron chi connectivity index (χ2n) is 2.94. The molecule has 0 amide bonds. The molecule has 0 N–H and O–H groups in total. The van der Waals surface area contributed by atoms with Gasteiger partial charge < -0.3 is 9.15 Å². The van der Waals surface area contributed by atoms with Crippen molar-refractivity contribution in [2.24, 2.45) is 0 Å². The van der Waals surface area contributed by atoms with E-state index < -0.39 is 0 Å². The second kappa shape index (κ2) is 4.36. The van der Waals surface area contributed by atoms with E-state index in [4.69, 9.17) is 20.8 Å². The van der Waals surface area contributed by atoms with Gasteiger partial charge in [0.05, 0.1) is 12.8 Å². The van der Waals surface area contributed by atoms with Gasteiger partial charge in [0, 0.05) is 5.56 Å². The number of benzene rings is 1. The lowest BCUT2D eigenvalue weighted by atomic mass is 10.2. The van der Waals surface area contributed by atoms with Crippen molar-refractivity contribution in [3.63, 3.8) is 0 Å². The zero-order valence-electron chi connectivity index (χ0n) is 8.24. The normalized spacial score (nSPS) is 10.3. The molecule has 0 saturated heterocycles. The minimum absolute atomic E-state index is 0.145. The Balaban J connectivity index is 2.32. The molecule has 0 bridgehead atoms. The molecule has 15 heavy (non-hydrogen) atoms. The Morgan fingerprint density at radius 3 is 3.00 bits per heavy atom. The third-order valence-electron chi connectivity index (χ3n) is 1.91. The maximum absolute atomic E-state index is 5.60. The van der Waals surface area contributed by atoms with Gasteiger partial charge in [-0.25, -0.2) is 4.98 Å². The van der Waals surface area contributed by atoms with Gasteiger partial charge in [-0.3, -0.25) is 0 Å². The number of oxazole rings is 1. The van der Waals surface area contributed by atoms with Crippen LogP contribution in [0.5, 0.6) is 5.75 Å². The molecule has 0 radical (unpaired) electrons. The van der Waals surface area contributed by atoms with Crippen LogP contribution in [-0.2, 0) is 0 Å². The number of nitrogens with zero attached hydrogens (tertiary/aromatic N) is 1. The van der Waals surface area contributed by atoms with Gasteiger partial charge in [0.15, 0.2) is 5.76 Å². The summed E-state index contributed by atoms with van der Waals surface area (Å²) in [5.74, 6) is 1.45. The van der Waals surface area contributed by atoms with Crippen LogP contribution in [0.15, 0.2) is 34.9 Å².